The lowest BCUT2D eigenvalue weighted by atomic mass is 10.3. The summed E-state index contributed by atoms with van der Waals surface area (Å²) in [7, 11) is -4.16. The summed E-state index contributed by atoms with van der Waals surface area (Å²) in [6.07, 6.45) is 1.48. The zero-order chi connectivity index (χ0) is 15.7. The Bertz CT molecular complexity index is 901. The molecule has 0 fully saturated rings. The molecule has 0 N–H and O–H groups in total. The van der Waals surface area contributed by atoms with Gasteiger partial charge in [0.2, 0.25) is 0 Å². The molecule has 0 unspecified atom stereocenters. The number of hydrogen-bond donors (Lipinski definition) is 0. The summed E-state index contributed by atoms with van der Waals surface area (Å²) >= 11 is 5.91. The lowest BCUT2D eigenvalue weighted by Crippen LogP contribution is -2.21. The predicted molar refractivity (Wildman–Crippen MR) is 81.1 cm³/mol. The summed E-state index contributed by atoms with van der Waals surface area (Å²) in [4.78, 5) is 0. The minimum absolute atomic E-state index is 0.0404. The van der Waals surface area contributed by atoms with Crippen molar-refractivity contribution in [2.75, 3.05) is 0 Å². The van der Waals surface area contributed by atoms with Gasteiger partial charge in [-0.25, -0.2) is 0 Å². The Morgan fingerprint density at radius 1 is 1.23 bits per heavy atom. The van der Waals surface area contributed by atoms with Gasteiger partial charge < -0.3 is 8.60 Å². The molecule has 0 spiro atoms. The van der Waals surface area contributed by atoms with Crippen LogP contribution in [0.25, 0.3) is 11.5 Å². The maximum atomic E-state index is 12.3. The van der Waals surface area contributed by atoms with E-state index in [-0.39, 0.29) is 10.8 Å². The van der Waals surface area contributed by atoms with Crippen LogP contribution in [0.1, 0.15) is 5.69 Å². The summed E-state index contributed by atoms with van der Waals surface area (Å²) in [5.41, 5.74) is 0.785. The molecule has 0 bridgehead atoms. The topological polar surface area (TPSA) is 74.3 Å². The largest absolute Gasteiger partial charge is 0.463 e. The number of hydrogen-bond acceptors (Lipinski definition) is 5. The molecule has 0 amide bonds. The molecule has 0 atom stereocenters. The van der Waals surface area contributed by atoms with Gasteiger partial charge in [0.25, 0.3) is 0 Å². The number of aromatic nitrogens is 2. The van der Waals surface area contributed by atoms with Crippen LogP contribution in [0, 0.1) is 6.92 Å². The van der Waals surface area contributed by atoms with Crippen LogP contribution in [-0.4, -0.2) is 17.6 Å². The van der Waals surface area contributed by atoms with Crippen LogP contribution in [0.2, 0.25) is 5.02 Å². The molecule has 1 aromatic carbocycles. The molecule has 6 nitrogen and oxygen atoms in total. The Kier molecular flexibility index (Phi) is 3.67. The van der Waals surface area contributed by atoms with E-state index in [1.807, 2.05) is 0 Å². The van der Waals surface area contributed by atoms with Crippen molar-refractivity contribution < 1.29 is 17.0 Å². The van der Waals surface area contributed by atoms with Gasteiger partial charge in [0.1, 0.15) is 5.69 Å². The van der Waals surface area contributed by atoms with Gasteiger partial charge in [0, 0.05) is 0 Å². The Labute approximate surface area is 132 Å². The monoisotopic (exact) mass is 338 g/mol. The van der Waals surface area contributed by atoms with Crippen LogP contribution in [0.3, 0.4) is 0 Å². The number of benzene rings is 1. The fourth-order valence-corrected chi connectivity index (χ4v) is 3.15. The van der Waals surface area contributed by atoms with Crippen molar-refractivity contribution in [3.63, 3.8) is 0 Å². The third-order valence-corrected chi connectivity index (χ3v) is 4.36. The lowest BCUT2D eigenvalue weighted by molar-refractivity contribution is 0.468. The second kappa shape index (κ2) is 5.51. The summed E-state index contributed by atoms with van der Waals surface area (Å²) in [6.45, 7) is 1.60. The van der Waals surface area contributed by atoms with Crippen LogP contribution in [0.4, 0.5) is 0 Å². The molecular formula is C14H11ClN2O4S. The first-order chi connectivity index (χ1) is 10.5. The van der Waals surface area contributed by atoms with Crippen LogP contribution in [0.5, 0.6) is 5.75 Å². The van der Waals surface area contributed by atoms with Crippen LogP contribution >= 0.6 is 11.6 Å². The molecular weight excluding hydrogens is 328 g/mol. The van der Waals surface area contributed by atoms with E-state index in [9.17, 15) is 8.42 Å². The van der Waals surface area contributed by atoms with Crippen molar-refractivity contribution in [1.29, 1.82) is 0 Å². The molecule has 2 aromatic heterocycles. The average molecular weight is 339 g/mol. The highest BCUT2D eigenvalue weighted by Crippen LogP contribution is 2.26. The summed E-state index contributed by atoms with van der Waals surface area (Å²) in [5, 5.41) is 4.21. The number of halogens is 1. The SMILES string of the molecule is Cc1cc(-c2ccco2)nn1S(=O)(=O)Oc1ccccc1Cl. The first kappa shape index (κ1) is 14.7. The Hall–Kier alpha value is -2.25. The van der Waals surface area contributed by atoms with Crippen LogP contribution in [0.15, 0.2) is 53.1 Å². The van der Waals surface area contributed by atoms with Gasteiger partial charge >= 0.3 is 10.3 Å². The highest BCUT2D eigenvalue weighted by molar-refractivity contribution is 7.85. The van der Waals surface area contributed by atoms with Crippen molar-refractivity contribution in [2.24, 2.45) is 0 Å². The molecule has 0 aliphatic carbocycles. The first-order valence-electron chi connectivity index (χ1n) is 6.27. The van der Waals surface area contributed by atoms with E-state index in [1.54, 1.807) is 37.3 Å². The van der Waals surface area contributed by atoms with Crippen molar-refractivity contribution >= 4 is 21.9 Å². The minimum Gasteiger partial charge on any atom is -0.463 e. The smallest absolute Gasteiger partial charge is 0.429 e. The predicted octanol–water partition coefficient (Wildman–Crippen LogP) is 3.28. The minimum atomic E-state index is -4.16. The van der Waals surface area contributed by atoms with Crippen molar-refractivity contribution in [2.45, 2.75) is 6.92 Å². The number of furan rings is 1. The molecule has 3 aromatic rings. The van der Waals surface area contributed by atoms with E-state index >= 15 is 0 Å². The molecule has 3 rings (SSSR count). The van der Waals surface area contributed by atoms with Crippen molar-refractivity contribution in [1.82, 2.24) is 9.19 Å². The molecule has 0 radical (unpaired) electrons. The van der Waals surface area contributed by atoms with E-state index in [4.69, 9.17) is 20.2 Å². The Balaban J connectivity index is 1.98. The standard InChI is InChI=1S/C14H11ClN2O4S/c1-10-9-12(14-7-4-8-20-14)16-17(10)22(18,19)21-13-6-3-2-5-11(13)15/h2-9H,1H3. The van der Waals surface area contributed by atoms with Gasteiger partial charge in [0.05, 0.1) is 17.0 Å². The third kappa shape index (κ3) is 2.72. The quantitative estimate of drug-likeness (QED) is 0.729. The van der Waals surface area contributed by atoms with E-state index in [2.05, 4.69) is 5.10 Å². The molecule has 0 saturated heterocycles. The number of nitrogens with zero attached hydrogens (tertiary/aromatic N) is 2. The second-order valence-electron chi connectivity index (χ2n) is 4.46. The Morgan fingerprint density at radius 3 is 2.68 bits per heavy atom. The third-order valence-electron chi connectivity index (χ3n) is 2.86. The molecule has 22 heavy (non-hydrogen) atoms. The van der Waals surface area contributed by atoms with E-state index in [1.165, 1.54) is 18.4 Å². The van der Waals surface area contributed by atoms with Crippen LogP contribution < -0.4 is 4.18 Å². The van der Waals surface area contributed by atoms with E-state index in [0.717, 1.165) is 4.09 Å². The van der Waals surface area contributed by atoms with Gasteiger partial charge in [-0.3, -0.25) is 0 Å². The van der Waals surface area contributed by atoms with Gasteiger partial charge in [0.15, 0.2) is 11.5 Å². The van der Waals surface area contributed by atoms with Crippen LogP contribution in [-0.2, 0) is 10.3 Å². The average Bonchev–Trinajstić information content (AvgIpc) is 3.10. The highest BCUT2D eigenvalue weighted by Gasteiger charge is 2.22. The highest BCUT2D eigenvalue weighted by atomic mass is 35.5. The summed E-state index contributed by atoms with van der Waals surface area (Å²) < 4.78 is 35.7. The van der Waals surface area contributed by atoms with Gasteiger partial charge in [-0.05, 0) is 37.3 Å². The Morgan fingerprint density at radius 2 is 2.00 bits per heavy atom. The molecule has 114 valence electrons. The van der Waals surface area contributed by atoms with Gasteiger partial charge in [-0.2, -0.15) is 13.5 Å². The maximum Gasteiger partial charge on any atom is 0.429 e. The molecule has 0 aliphatic heterocycles. The summed E-state index contributed by atoms with van der Waals surface area (Å²) in [5.74, 6) is 0.508. The number of aryl methyl sites for hydroxylation is 1. The van der Waals surface area contributed by atoms with Gasteiger partial charge in [-0.15, -0.1) is 4.09 Å². The fraction of sp³-hybridized carbons (Fsp3) is 0.0714. The maximum absolute atomic E-state index is 12.3. The van der Waals surface area contributed by atoms with Gasteiger partial charge in [-0.1, -0.05) is 23.7 Å². The molecule has 0 saturated carbocycles. The number of rotatable bonds is 4. The molecule has 2 heterocycles. The molecule has 8 heteroatoms. The van der Waals surface area contributed by atoms with Crippen molar-refractivity contribution in [3.8, 4) is 17.2 Å². The summed E-state index contributed by atoms with van der Waals surface area (Å²) in [6, 6.07) is 11.3. The zero-order valence-electron chi connectivity index (χ0n) is 11.4. The number of para-hydroxylation sites is 1. The first-order valence-corrected chi connectivity index (χ1v) is 8.02. The fourth-order valence-electron chi connectivity index (χ4n) is 1.89. The zero-order valence-corrected chi connectivity index (χ0v) is 13.0. The second-order valence-corrected chi connectivity index (χ2v) is 6.24. The lowest BCUT2D eigenvalue weighted by Gasteiger charge is -2.08. The normalized spacial score (nSPS) is 11.5. The van der Waals surface area contributed by atoms with Crippen molar-refractivity contribution in [3.05, 3.63) is 59.4 Å². The molecule has 0 aliphatic rings. The van der Waals surface area contributed by atoms with E-state index in [0.29, 0.717) is 17.1 Å². The van der Waals surface area contributed by atoms with E-state index < -0.39 is 10.3 Å².